The topological polar surface area (TPSA) is 38.5 Å². The maximum Gasteiger partial charge on any atom is 0.119 e. The van der Waals surface area contributed by atoms with Gasteiger partial charge in [-0.15, -0.1) is 0 Å². The molecule has 0 amide bonds. The van der Waals surface area contributed by atoms with Gasteiger partial charge in [-0.2, -0.15) is 0 Å². The predicted octanol–water partition coefficient (Wildman–Crippen LogP) is 2.43. The summed E-state index contributed by atoms with van der Waals surface area (Å²) in [6.07, 6.45) is 2.46. The third kappa shape index (κ3) is 5.47. The summed E-state index contributed by atoms with van der Waals surface area (Å²) < 4.78 is 5.67. The van der Waals surface area contributed by atoms with Crippen molar-refractivity contribution in [3.05, 3.63) is 29.8 Å². The van der Waals surface area contributed by atoms with E-state index in [9.17, 15) is 0 Å². The summed E-state index contributed by atoms with van der Waals surface area (Å²) in [6, 6.07) is 7.58. The maximum atomic E-state index is 5.67. The first-order chi connectivity index (χ1) is 8.63. The van der Waals surface area contributed by atoms with Gasteiger partial charge in [0.2, 0.25) is 0 Å². The van der Waals surface area contributed by atoms with Crippen molar-refractivity contribution in [3.8, 4) is 5.75 Å². The van der Waals surface area contributed by atoms with Gasteiger partial charge in [0.15, 0.2) is 0 Å². The molecule has 0 unspecified atom stereocenters. The average molecular weight is 266 g/mol. The average Bonchev–Trinajstić information content (AvgIpc) is 2.37. The van der Waals surface area contributed by atoms with Crippen LogP contribution in [-0.4, -0.2) is 36.6 Å². The lowest BCUT2D eigenvalue weighted by atomic mass is 10.2. The highest BCUT2D eigenvalue weighted by molar-refractivity contribution is 7.80. The van der Waals surface area contributed by atoms with Crippen LogP contribution < -0.4 is 10.5 Å². The molecule has 4 heteroatoms. The SMILES string of the molecule is CCCCN(C)CCOc1ccc(C(N)=S)cc1. The number of hydrogen-bond acceptors (Lipinski definition) is 3. The Kier molecular flexibility index (Phi) is 6.68. The Labute approximate surface area is 115 Å². The van der Waals surface area contributed by atoms with E-state index < -0.39 is 0 Å². The number of thiocarbonyl (C=S) groups is 1. The number of rotatable bonds is 8. The molecule has 0 fully saturated rings. The Hall–Kier alpha value is -1.13. The van der Waals surface area contributed by atoms with E-state index in [2.05, 4.69) is 18.9 Å². The van der Waals surface area contributed by atoms with E-state index in [0.29, 0.717) is 11.6 Å². The van der Waals surface area contributed by atoms with Crippen LogP contribution in [0, 0.1) is 0 Å². The molecule has 1 aromatic rings. The van der Waals surface area contributed by atoms with Gasteiger partial charge in [0.1, 0.15) is 17.3 Å². The van der Waals surface area contributed by atoms with Gasteiger partial charge in [0.25, 0.3) is 0 Å². The standard InChI is InChI=1S/C14H22N2OS/c1-3-4-9-16(2)10-11-17-13-7-5-12(6-8-13)14(15)18/h5-8H,3-4,9-11H2,1-2H3,(H2,15,18). The lowest BCUT2D eigenvalue weighted by Gasteiger charge is -2.16. The van der Waals surface area contributed by atoms with Crippen LogP contribution in [-0.2, 0) is 0 Å². The highest BCUT2D eigenvalue weighted by Crippen LogP contribution is 2.12. The summed E-state index contributed by atoms with van der Waals surface area (Å²) in [7, 11) is 2.12. The largest absolute Gasteiger partial charge is 0.492 e. The molecule has 1 rings (SSSR count). The summed E-state index contributed by atoms with van der Waals surface area (Å²) in [6.45, 7) is 4.97. The number of hydrogen-bond donors (Lipinski definition) is 1. The summed E-state index contributed by atoms with van der Waals surface area (Å²) in [4.78, 5) is 2.70. The second-order valence-electron chi connectivity index (χ2n) is 4.39. The third-order valence-electron chi connectivity index (χ3n) is 2.77. The number of benzene rings is 1. The zero-order valence-corrected chi connectivity index (χ0v) is 12.0. The van der Waals surface area contributed by atoms with E-state index in [1.165, 1.54) is 12.8 Å². The van der Waals surface area contributed by atoms with Crippen molar-refractivity contribution < 1.29 is 4.74 Å². The zero-order valence-electron chi connectivity index (χ0n) is 11.2. The molecule has 0 aliphatic carbocycles. The molecular formula is C14H22N2OS. The van der Waals surface area contributed by atoms with Crippen LogP contribution in [0.1, 0.15) is 25.3 Å². The van der Waals surface area contributed by atoms with Gasteiger partial charge < -0.3 is 15.4 Å². The lowest BCUT2D eigenvalue weighted by molar-refractivity contribution is 0.235. The molecule has 3 nitrogen and oxygen atoms in total. The Morgan fingerprint density at radius 2 is 1.94 bits per heavy atom. The molecule has 1 aromatic carbocycles. The quantitative estimate of drug-likeness (QED) is 0.734. The van der Waals surface area contributed by atoms with Gasteiger partial charge in [0.05, 0.1) is 0 Å². The first-order valence-electron chi connectivity index (χ1n) is 6.34. The molecule has 0 saturated heterocycles. The fourth-order valence-electron chi connectivity index (χ4n) is 1.57. The van der Waals surface area contributed by atoms with Crippen LogP contribution in [0.5, 0.6) is 5.75 Å². The third-order valence-corrected chi connectivity index (χ3v) is 3.01. The van der Waals surface area contributed by atoms with Crippen molar-refractivity contribution in [1.82, 2.24) is 4.90 Å². The molecule has 0 radical (unpaired) electrons. The zero-order chi connectivity index (χ0) is 13.4. The molecule has 0 aliphatic heterocycles. The van der Waals surface area contributed by atoms with Crippen LogP contribution in [0.3, 0.4) is 0 Å². The molecular weight excluding hydrogens is 244 g/mol. The summed E-state index contributed by atoms with van der Waals surface area (Å²) >= 11 is 4.90. The van der Waals surface area contributed by atoms with E-state index in [1.54, 1.807) is 0 Å². The molecule has 0 bridgehead atoms. The molecule has 18 heavy (non-hydrogen) atoms. The molecule has 100 valence electrons. The lowest BCUT2D eigenvalue weighted by Crippen LogP contribution is -2.25. The highest BCUT2D eigenvalue weighted by atomic mass is 32.1. The smallest absolute Gasteiger partial charge is 0.119 e. The normalized spacial score (nSPS) is 10.6. The minimum absolute atomic E-state index is 0.417. The van der Waals surface area contributed by atoms with Crippen molar-refractivity contribution >= 4 is 17.2 Å². The summed E-state index contributed by atoms with van der Waals surface area (Å²) in [5.41, 5.74) is 6.41. The van der Waals surface area contributed by atoms with Gasteiger partial charge in [0, 0.05) is 12.1 Å². The first-order valence-corrected chi connectivity index (χ1v) is 6.75. The maximum absolute atomic E-state index is 5.67. The van der Waals surface area contributed by atoms with Crippen LogP contribution in [0.25, 0.3) is 0 Å². The number of nitrogens with two attached hydrogens (primary N) is 1. The van der Waals surface area contributed by atoms with Gasteiger partial charge >= 0.3 is 0 Å². The fraction of sp³-hybridized carbons (Fsp3) is 0.500. The van der Waals surface area contributed by atoms with Crippen LogP contribution >= 0.6 is 12.2 Å². The second-order valence-corrected chi connectivity index (χ2v) is 4.83. The number of nitrogens with zero attached hydrogens (tertiary/aromatic N) is 1. The van der Waals surface area contributed by atoms with Crippen LogP contribution in [0.4, 0.5) is 0 Å². The molecule has 0 atom stereocenters. The van der Waals surface area contributed by atoms with Crippen molar-refractivity contribution in [2.75, 3.05) is 26.7 Å². The summed E-state index contributed by atoms with van der Waals surface area (Å²) in [5, 5.41) is 0. The summed E-state index contributed by atoms with van der Waals surface area (Å²) in [5.74, 6) is 0.860. The molecule has 0 spiro atoms. The van der Waals surface area contributed by atoms with E-state index >= 15 is 0 Å². The Morgan fingerprint density at radius 3 is 2.50 bits per heavy atom. The number of unbranched alkanes of at least 4 members (excludes halogenated alkanes) is 1. The van der Waals surface area contributed by atoms with Gasteiger partial charge in [-0.25, -0.2) is 0 Å². The molecule has 0 saturated carbocycles. The van der Waals surface area contributed by atoms with E-state index in [-0.39, 0.29) is 0 Å². The Morgan fingerprint density at radius 1 is 1.28 bits per heavy atom. The minimum Gasteiger partial charge on any atom is -0.492 e. The van der Waals surface area contributed by atoms with Gasteiger partial charge in [-0.3, -0.25) is 0 Å². The van der Waals surface area contributed by atoms with E-state index in [1.807, 2.05) is 24.3 Å². The van der Waals surface area contributed by atoms with Crippen molar-refractivity contribution in [1.29, 1.82) is 0 Å². The molecule has 0 aliphatic rings. The molecule has 0 aromatic heterocycles. The minimum atomic E-state index is 0.417. The molecule has 2 N–H and O–H groups in total. The van der Waals surface area contributed by atoms with Crippen molar-refractivity contribution in [2.45, 2.75) is 19.8 Å². The van der Waals surface area contributed by atoms with E-state index in [4.69, 9.17) is 22.7 Å². The Balaban J connectivity index is 2.29. The number of ether oxygens (including phenoxy) is 1. The predicted molar refractivity (Wildman–Crippen MR) is 80.2 cm³/mol. The van der Waals surface area contributed by atoms with Crippen molar-refractivity contribution in [3.63, 3.8) is 0 Å². The first kappa shape index (κ1) is 14.9. The number of likely N-dealkylation sites (N-methyl/N-ethyl adjacent to an activating group) is 1. The monoisotopic (exact) mass is 266 g/mol. The fourth-order valence-corrected chi connectivity index (χ4v) is 1.71. The molecule has 0 heterocycles. The Bertz CT molecular complexity index is 365. The van der Waals surface area contributed by atoms with Gasteiger partial charge in [-0.05, 0) is 44.3 Å². The van der Waals surface area contributed by atoms with E-state index in [0.717, 1.165) is 24.4 Å². The van der Waals surface area contributed by atoms with Crippen LogP contribution in [0.2, 0.25) is 0 Å². The second kappa shape index (κ2) is 8.06. The van der Waals surface area contributed by atoms with Crippen LogP contribution in [0.15, 0.2) is 24.3 Å². The highest BCUT2D eigenvalue weighted by Gasteiger charge is 2.00. The van der Waals surface area contributed by atoms with Crippen molar-refractivity contribution in [2.24, 2.45) is 5.73 Å². The van der Waals surface area contributed by atoms with Gasteiger partial charge in [-0.1, -0.05) is 25.6 Å².